The third-order valence-electron chi connectivity index (χ3n) is 16.4. The van der Waals surface area contributed by atoms with E-state index in [9.17, 15) is 14.4 Å². The minimum Gasteiger partial charge on any atom is -0.490 e. The molecule has 446 valence electrons. The van der Waals surface area contributed by atoms with E-state index < -0.39 is 0 Å². The van der Waals surface area contributed by atoms with E-state index in [-0.39, 0.29) is 38.4 Å². The Balaban J connectivity index is 0.00000103. The van der Waals surface area contributed by atoms with Gasteiger partial charge >= 0.3 is 5.24 Å². The van der Waals surface area contributed by atoms with Crippen molar-refractivity contribution in [2.75, 3.05) is 6.61 Å². The average Bonchev–Trinajstić information content (AvgIpc) is 3.31. The van der Waals surface area contributed by atoms with Gasteiger partial charge in [-0.2, -0.15) is 4.99 Å². The van der Waals surface area contributed by atoms with Crippen molar-refractivity contribution in [2.45, 2.75) is 285 Å². The van der Waals surface area contributed by atoms with Crippen LogP contribution in [0, 0.1) is 53.8 Å². The van der Waals surface area contributed by atoms with Gasteiger partial charge < -0.3 is 10.1 Å². The van der Waals surface area contributed by atoms with Crippen LogP contribution in [0.5, 0.6) is 0 Å². The number of carbonyl (C=O) groups is 3. The number of nitrogens with one attached hydrogen (secondary N) is 1. The number of aryl methyl sites for hydroxylation is 1. The minimum absolute atomic E-state index is 0.0202. The van der Waals surface area contributed by atoms with Crippen LogP contribution in [0.3, 0.4) is 0 Å². The predicted molar refractivity (Wildman–Crippen MR) is 346 cm³/mol. The number of ether oxygens (including phenoxy) is 1. The number of carbonyl (C=O) groups excluding carboxylic acids is 3. The van der Waals surface area contributed by atoms with Crippen molar-refractivity contribution in [1.29, 1.82) is 0 Å². The van der Waals surface area contributed by atoms with Crippen molar-refractivity contribution in [3.05, 3.63) is 93.8 Å². The SMILES string of the molecule is C=C/C=C(\OCC/C(=C/C1=C(C=C)C(C)(C)CCC1(C)C)C(C)C)C(=O)C(C)C.CC(=O)N/C(C)=N\C(=O)SC(C)(C)C.CCC1CCC(CC)CC1.CCCC(C)(C)C.CCc1cc2c(c(C)c1C)C(C)(C)CCC2(C)C. The van der Waals surface area contributed by atoms with Gasteiger partial charge in [0.15, 0.2) is 11.5 Å². The fraction of sp³-hybridized carbons (Fsp3) is 0.718. The van der Waals surface area contributed by atoms with Crippen LogP contribution in [-0.2, 0) is 31.6 Å². The molecule has 78 heavy (non-hydrogen) atoms. The summed E-state index contributed by atoms with van der Waals surface area (Å²) in [5, 5.41) is 2.15. The summed E-state index contributed by atoms with van der Waals surface area (Å²) in [6.07, 6.45) is 26.1. The van der Waals surface area contributed by atoms with Crippen LogP contribution in [0.15, 0.2) is 71.0 Å². The number of ketones is 1. The summed E-state index contributed by atoms with van der Waals surface area (Å²) in [6.45, 7) is 64.8. The second kappa shape index (κ2) is 33.5. The lowest BCUT2D eigenvalue weighted by atomic mass is 9.61. The number of aliphatic imine (C=N–C) groups is 1. The van der Waals surface area contributed by atoms with E-state index in [1.165, 1.54) is 112 Å². The molecule has 1 saturated carbocycles. The van der Waals surface area contributed by atoms with E-state index in [1.54, 1.807) is 35.8 Å². The minimum atomic E-state index is -0.288. The molecule has 7 heteroatoms. The standard InChI is InChI=1S/C27H42O2.C18H28.C10H20.C9H16N2O2S.C7H16/c1-11-13-24(25(28)20(5)6)29-17-14-21(19(3)4)18-23-22(12-2)26(7,8)15-16-27(23,9)10;1-8-14-11-15-16(13(3)12(14)2)18(6,7)10-9-17(15,4)5;1-3-9-5-7-10(4-2)8-6-9;1-6(10-7(2)12)11-8(13)14-9(3,4)5;1-5-6-7(2,3)4/h11-13,18-20H,1-2,14-17H2,3-10H3;11H,8-10H2,1-7H3;9-10H,3-8H2,1-2H3;1-5H3,(H,10,11,12,13);5-6H2,1-4H3/b21-18-,24-13-;;;;. The summed E-state index contributed by atoms with van der Waals surface area (Å²) in [5.74, 6) is 3.00. The highest BCUT2D eigenvalue weighted by Gasteiger charge is 2.39. The van der Waals surface area contributed by atoms with Gasteiger partial charge in [0.25, 0.3) is 0 Å². The Labute approximate surface area is 487 Å². The largest absolute Gasteiger partial charge is 0.490 e. The Kier molecular flexibility index (Phi) is 32.0. The van der Waals surface area contributed by atoms with E-state index in [2.05, 4.69) is 167 Å². The lowest BCUT2D eigenvalue weighted by Crippen LogP contribution is -2.35. The molecule has 3 aliphatic rings. The van der Waals surface area contributed by atoms with Gasteiger partial charge in [0.2, 0.25) is 5.91 Å². The maximum Gasteiger partial charge on any atom is 0.307 e. The zero-order chi connectivity index (χ0) is 60.8. The van der Waals surface area contributed by atoms with E-state index in [0.29, 0.717) is 40.4 Å². The van der Waals surface area contributed by atoms with Crippen molar-refractivity contribution in [3.8, 4) is 0 Å². The number of thioether (sulfide) groups is 1. The van der Waals surface area contributed by atoms with Crippen molar-refractivity contribution < 1.29 is 19.1 Å². The highest BCUT2D eigenvalue weighted by atomic mass is 32.2. The van der Waals surface area contributed by atoms with E-state index in [4.69, 9.17) is 4.74 Å². The number of benzene rings is 1. The first-order chi connectivity index (χ1) is 35.7. The summed E-state index contributed by atoms with van der Waals surface area (Å²) in [5.41, 5.74) is 13.4. The molecule has 3 aliphatic carbocycles. The zero-order valence-corrected chi connectivity index (χ0v) is 56.5. The number of rotatable bonds is 14. The highest BCUT2D eigenvalue weighted by Crippen LogP contribution is 2.51. The Morgan fingerprint density at radius 2 is 1.23 bits per heavy atom. The molecular formula is C71H122N2O4S. The fourth-order valence-corrected chi connectivity index (χ4v) is 11.7. The zero-order valence-electron chi connectivity index (χ0n) is 55.7. The third kappa shape index (κ3) is 26.4. The number of amides is 2. The summed E-state index contributed by atoms with van der Waals surface area (Å²) in [7, 11) is 0. The summed E-state index contributed by atoms with van der Waals surface area (Å²) in [4.78, 5) is 37.9. The van der Waals surface area contributed by atoms with Crippen LogP contribution in [-0.4, -0.2) is 34.1 Å². The number of allylic oxidation sites excluding steroid dienone is 7. The molecule has 2 amide bonds. The van der Waals surface area contributed by atoms with Crippen LogP contribution >= 0.6 is 11.8 Å². The molecule has 1 aromatic rings. The van der Waals surface area contributed by atoms with Gasteiger partial charge in [-0.15, -0.1) is 0 Å². The molecule has 0 heterocycles. The number of nitrogens with zero attached hydrogens (tertiary/aromatic N) is 1. The van der Waals surface area contributed by atoms with Gasteiger partial charge in [-0.1, -0.05) is 252 Å². The van der Waals surface area contributed by atoms with Gasteiger partial charge in [-0.3, -0.25) is 14.4 Å². The molecule has 0 aromatic heterocycles. The lowest BCUT2D eigenvalue weighted by molar-refractivity contribution is -0.121. The third-order valence-corrected chi connectivity index (χ3v) is 17.3. The topological polar surface area (TPSA) is 84.8 Å². The predicted octanol–water partition coefficient (Wildman–Crippen LogP) is 21.5. The first-order valence-electron chi connectivity index (χ1n) is 30.5. The monoisotopic (exact) mass is 1100 g/mol. The molecule has 1 fully saturated rings. The maximum atomic E-state index is 12.3. The second-order valence-corrected chi connectivity index (χ2v) is 30.0. The molecule has 1 aromatic carbocycles. The molecule has 0 atom stereocenters. The van der Waals surface area contributed by atoms with Crippen molar-refractivity contribution in [3.63, 3.8) is 0 Å². The van der Waals surface area contributed by atoms with Gasteiger partial charge in [0, 0.05) is 24.0 Å². The van der Waals surface area contributed by atoms with Gasteiger partial charge in [0.05, 0.1) is 6.61 Å². The number of fused-ring (bicyclic) bond motifs is 1. The number of hydrogen-bond acceptors (Lipinski definition) is 5. The molecule has 0 aliphatic heterocycles. The van der Waals surface area contributed by atoms with E-state index in [0.717, 1.165) is 36.4 Å². The van der Waals surface area contributed by atoms with Crippen LogP contribution < -0.4 is 5.32 Å². The Morgan fingerprint density at radius 3 is 1.62 bits per heavy atom. The first kappa shape index (κ1) is 74.5. The van der Waals surface area contributed by atoms with Crippen LogP contribution in [0.4, 0.5) is 4.79 Å². The lowest BCUT2D eigenvalue weighted by Gasteiger charge is -2.43. The smallest absolute Gasteiger partial charge is 0.307 e. The molecule has 0 unspecified atom stereocenters. The van der Waals surface area contributed by atoms with Gasteiger partial charge in [-0.25, -0.2) is 0 Å². The highest BCUT2D eigenvalue weighted by molar-refractivity contribution is 8.14. The number of amidine groups is 1. The molecule has 0 bridgehead atoms. The first-order valence-corrected chi connectivity index (χ1v) is 31.3. The van der Waals surface area contributed by atoms with Crippen LogP contribution in [0.2, 0.25) is 0 Å². The van der Waals surface area contributed by atoms with Crippen LogP contribution in [0.25, 0.3) is 0 Å². The van der Waals surface area contributed by atoms with Crippen LogP contribution in [0.1, 0.15) is 277 Å². The molecule has 0 radical (unpaired) electrons. The van der Waals surface area contributed by atoms with Gasteiger partial charge in [0.1, 0.15) is 5.84 Å². The van der Waals surface area contributed by atoms with E-state index >= 15 is 0 Å². The summed E-state index contributed by atoms with van der Waals surface area (Å²) in [6, 6.07) is 2.50. The Hall–Kier alpha value is -3.45. The molecule has 6 nitrogen and oxygen atoms in total. The quantitative estimate of drug-likeness (QED) is 0.0660. The molecule has 1 N–H and O–H groups in total. The van der Waals surface area contributed by atoms with E-state index in [1.807, 2.05) is 40.7 Å². The van der Waals surface area contributed by atoms with Crippen molar-refractivity contribution in [2.24, 2.45) is 44.9 Å². The number of hydrogen-bond donors (Lipinski definition) is 1. The number of Topliss-reactive ketones (excluding diaryl/α,β-unsaturated/α-hetero) is 1. The molecule has 4 rings (SSSR count). The summed E-state index contributed by atoms with van der Waals surface area (Å²) >= 11 is 1.13. The molecule has 0 spiro atoms. The molecule has 0 saturated heterocycles. The summed E-state index contributed by atoms with van der Waals surface area (Å²) < 4.78 is 5.73. The van der Waals surface area contributed by atoms with Gasteiger partial charge in [-0.05, 0) is 149 Å². The Morgan fingerprint density at radius 1 is 0.744 bits per heavy atom. The molecular weight excluding hydrogens is 977 g/mol. The average molecular weight is 1100 g/mol. The fourth-order valence-electron chi connectivity index (χ4n) is 11.0. The second-order valence-electron chi connectivity index (χ2n) is 28.3. The Bertz CT molecular complexity index is 2190. The normalized spacial score (nSPS) is 19.7. The van der Waals surface area contributed by atoms with Crippen molar-refractivity contribution in [1.82, 2.24) is 5.32 Å². The van der Waals surface area contributed by atoms with Crippen molar-refractivity contribution >= 4 is 34.5 Å². The maximum absolute atomic E-state index is 12.3.